The summed E-state index contributed by atoms with van der Waals surface area (Å²) in [4.78, 5) is 4.70. The Morgan fingerprint density at radius 2 is 2.00 bits per heavy atom. The fraction of sp³-hybridized carbons (Fsp3) is 0.632. The van der Waals surface area contributed by atoms with Crippen molar-refractivity contribution < 1.29 is 9.84 Å². The highest BCUT2D eigenvalue weighted by molar-refractivity contribution is 14.0. The van der Waals surface area contributed by atoms with Crippen LogP contribution in [0.4, 0.5) is 0 Å². The van der Waals surface area contributed by atoms with E-state index in [1.807, 2.05) is 12.1 Å². The lowest BCUT2D eigenvalue weighted by atomic mass is 9.51. The van der Waals surface area contributed by atoms with Gasteiger partial charge in [-0.05, 0) is 50.8 Å². The molecule has 3 rings (SSSR count). The van der Waals surface area contributed by atoms with E-state index in [0.717, 1.165) is 31.1 Å². The first-order valence-corrected chi connectivity index (χ1v) is 9.12. The van der Waals surface area contributed by atoms with Crippen LogP contribution in [0, 0.1) is 5.41 Å². The number of hydrogen-bond donors (Lipinski definition) is 3. The van der Waals surface area contributed by atoms with Crippen LogP contribution in [0.5, 0.6) is 5.75 Å². The van der Waals surface area contributed by atoms with Crippen LogP contribution < -0.4 is 10.6 Å². The number of hydrogen-bond acceptors (Lipinski definition) is 3. The topological polar surface area (TPSA) is 65.9 Å². The number of aromatic hydroxyl groups is 1. The molecule has 0 bridgehead atoms. The van der Waals surface area contributed by atoms with Gasteiger partial charge in [0.05, 0.1) is 12.6 Å². The van der Waals surface area contributed by atoms with Gasteiger partial charge in [0.2, 0.25) is 0 Å². The zero-order chi connectivity index (χ0) is 17.0. The molecule has 1 spiro atoms. The lowest BCUT2D eigenvalue weighted by Crippen LogP contribution is -2.68. The van der Waals surface area contributed by atoms with Crippen molar-refractivity contribution in [1.82, 2.24) is 10.6 Å². The molecule has 2 aliphatic rings. The van der Waals surface area contributed by atoms with Gasteiger partial charge in [-0.1, -0.05) is 18.6 Å². The molecule has 2 fully saturated rings. The van der Waals surface area contributed by atoms with E-state index >= 15 is 0 Å². The van der Waals surface area contributed by atoms with Crippen molar-refractivity contribution in [3.8, 4) is 5.75 Å². The van der Waals surface area contributed by atoms with E-state index in [9.17, 15) is 5.11 Å². The number of guanidine groups is 1. The Balaban J connectivity index is 0.00000225. The van der Waals surface area contributed by atoms with Gasteiger partial charge in [0.1, 0.15) is 5.75 Å². The standard InChI is InChI=1S/C19H29N3O2.HI/c1-3-20-18(21-13-14-6-8-15(23)9-7-14)22-16-12-17(24-4-2)19(16)10-5-11-19;/h6-9,16-17,23H,3-5,10-13H2,1-2H3,(H2,20,21,22);1H. The second-order valence-electron chi connectivity index (χ2n) is 6.82. The van der Waals surface area contributed by atoms with Crippen LogP contribution in [-0.4, -0.2) is 36.4 Å². The summed E-state index contributed by atoms with van der Waals surface area (Å²) in [5.41, 5.74) is 1.41. The summed E-state index contributed by atoms with van der Waals surface area (Å²) in [5.74, 6) is 1.16. The third-order valence-corrected chi connectivity index (χ3v) is 5.45. The third kappa shape index (κ3) is 4.39. The minimum atomic E-state index is 0. The second kappa shape index (κ2) is 9.07. The summed E-state index contributed by atoms with van der Waals surface area (Å²) in [7, 11) is 0. The van der Waals surface area contributed by atoms with E-state index in [1.54, 1.807) is 12.1 Å². The molecule has 0 heterocycles. The number of ether oxygens (including phenoxy) is 1. The van der Waals surface area contributed by atoms with E-state index in [1.165, 1.54) is 19.3 Å². The van der Waals surface area contributed by atoms with E-state index in [2.05, 4.69) is 24.5 Å². The maximum Gasteiger partial charge on any atom is 0.191 e. The van der Waals surface area contributed by atoms with Crippen LogP contribution in [0.25, 0.3) is 0 Å². The third-order valence-electron chi connectivity index (χ3n) is 5.45. The van der Waals surface area contributed by atoms with Crippen molar-refractivity contribution in [1.29, 1.82) is 0 Å². The molecule has 0 amide bonds. The monoisotopic (exact) mass is 459 g/mol. The SMILES string of the molecule is CCNC(=NCc1ccc(O)cc1)NC1CC(OCC)C12CCC2.I. The zero-order valence-electron chi connectivity index (χ0n) is 15.1. The van der Waals surface area contributed by atoms with Gasteiger partial charge in [-0.25, -0.2) is 4.99 Å². The molecule has 2 unspecified atom stereocenters. The fourth-order valence-electron chi connectivity index (χ4n) is 3.90. The zero-order valence-corrected chi connectivity index (χ0v) is 17.5. The van der Waals surface area contributed by atoms with Crippen molar-refractivity contribution in [2.24, 2.45) is 10.4 Å². The van der Waals surface area contributed by atoms with Crippen molar-refractivity contribution >= 4 is 29.9 Å². The molecule has 2 atom stereocenters. The second-order valence-corrected chi connectivity index (χ2v) is 6.82. The molecule has 0 saturated heterocycles. The van der Waals surface area contributed by atoms with Gasteiger partial charge < -0.3 is 20.5 Å². The van der Waals surface area contributed by atoms with Crippen LogP contribution in [0.1, 0.15) is 45.1 Å². The first-order chi connectivity index (χ1) is 11.7. The first-order valence-electron chi connectivity index (χ1n) is 9.12. The maximum atomic E-state index is 9.36. The van der Waals surface area contributed by atoms with Crippen molar-refractivity contribution in [3.05, 3.63) is 29.8 Å². The number of nitrogens with zero attached hydrogens (tertiary/aromatic N) is 1. The molecule has 0 aromatic heterocycles. The number of benzene rings is 1. The summed E-state index contributed by atoms with van der Waals surface area (Å²) >= 11 is 0. The lowest BCUT2D eigenvalue weighted by Gasteiger charge is -2.61. The van der Waals surface area contributed by atoms with E-state index < -0.39 is 0 Å². The number of rotatable bonds is 6. The molecule has 5 nitrogen and oxygen atoms in total. The average molecular weight is 459 g/mol. The number of phenols is 1. The van der Waals surface area contributed by atoms with E-state index in [-0.39, 0.29) is 29.7 Å². The van der Waals surface area contributed by atoms with Gasteiger partial charge in [-0.3, -0.25) is 0 Å². The molecule has 3 N–H and O–H groups in total. The molecule has 1 aromatic carbocycles. The van der Waals surface area contributed by atoms with Gasteiger partial charge in [0, 0.05) is 24.6 Å². The Bertz CT molecular complexity index is 573. The van der Waals surface area contributed by atoms with Crippen LogP contribution in [0.3, 0.4) is 0 Å². The Hall–Kier alpha value is -1.02. The molecule has 0 radical (unpaired) electrons. The van der Waals surface area contributed by atoms with Gasteiger partial charge in [0.25, 0.3) is 0 Å². The molecule has 2 aliphatic carbocycles. The Kier molecular flexibility index (Phi) is 7.37. The van der Waals surface area contributed by atoms with Gasteiger partial charge in [-0.2, -0.15) is 0 Å². The number of halogens is 1. The minimum Gasteiger partial charge on any atom is -0.508 e. The largest absolute Gasteiger partial charge is 0.508 e. The molecular weight excluding hydrogens is 429 g/mol. The van der Waals surface area contributed by atoms with Gasteiger partial charge in [0.15, 0.2) is 5.96 Å². The highest BCUT2D eigenvalue weighted by atomic mass is 127. The molecule has 0 aliphatic heterocycles. The summed E-state index contributed by atoms with van der Waals surface area (Å²) in [6.45, 7) is 6.41. The minimum absolute atomic E-state index is 0. The van der Waals surface area contributed by atoms with Crippen LogP contribution in [0.2, 0.25) is 0 Å². The fourth-order valence-corrected chi connectivity index (χ4v) is 3.90. The number of nitrogens with one attached hydrogen (secondary N) is 2. The first kappa shape index (κ1) is 20.3. The van der Waals surface area contributed by atoms with E-state index in [4.69, 9.17) is 9.73 Å². The van der Waals surface area contributed by atoms with Crippen LogP contribution in [-0.2, 0) is 11.3 Å². The normalized spacial score (nSPS) is 24.0. The molecular formula is C19H30IN3O2. The summed E-state index contributed by atoms with van der Waals surface area (Å²) in [6.07, 6.45) is 5.30. The lowest BCUT2D eigenvalue weighted by molar-refractivity contribution is -0.168. The Morgan fingerprint density at radius 3 is 2.56 bits per heavy atom. The molecule has 25 heavy (non-hydrogen) atoms. The average Bonchev–Trinajstić information content (AvgIpc) is 2.51. The van der Waals surface area contributed by atoms with Crippen LogP contribution >= 0.6 is 24.0 Å². The van der Waals surface area contributed by atoms with Crippen LogP contribution in [0.15, 0.2) is 29.3 Å². The maximum absolute atomic E-state index is 9.36. The number of phenolic OH excluding ortho intramolecular Hbond substituents is 1. The summed E-state index contributed by atoms with van der Waals surface area (Å²) in [6, 6.07) is 7.68. The summed E-state index contributed by atoms with van der Waals surface area (Å²) < 4.78 is 5.92. The smallest absolute Gasteiger partial charge is 0.191 e. The van der Waals surface area contributed by atoms with Gasteiger partial charge >= 0.3 is 0 Å². The Labute approximate surface area is 167 Å². The Morgan fingerprint density at radius 1 is 1.28 bits per heavy atom. The van der Waals surface area contributed by atoms with Crippen molar-refractivity contribution in [2.45, 2.75) is 58.2 Å². The van der Waals surface area contributed by atoms with E-state index in [0.29, 0.717) is 24.1 Å². The summed E-state index contributed by atoms with van der Waals surface area (Å²) in [5, 5.41) is 16.3. The highest BCUT2D eigenvalue weighted by Crippen LogP contribution is 2.57. The predicted octanol–water partition coefficient (Wildman–Crippen LogP) is 3.41. The molecule has 6 heteroatoms. The van der Waals surface area contributed by atoms with Crippen molar-refractivity contribution in [3.63, 3.8) is 0 Å². The number of aliphatic imine (C=N–C) groups is 1. The molecule has 1 aromatic rings. The predicted molar refractivity (Wildman–Crippen MR) is 112 cm³/mol. The van der Waals surface area contributed by atoms with Gasteiger partial charge in [-0.15, -0.1) is 24.0 Å². The quantitative estimate of drug-likeness (QED) is 0.347. The molecule has 2 saturated carbocycles. The molecule has 140 valence electrons. The van der Waals surface area contributed by atoms with Crippen molar-refractivity contribution in [2.75, 3.05) is 13.2 Å². The highest BCUT2D eigenvalue weighted by Gasteiger charge is 2.59.